The van der Waals surface area contributed by atoms with Crippen LogP contribution in [0, 0.1) is 18.3 Å². The van der Waals surface area contributed by atoms with Crippen LogP contribution in [0.4, 0.5) is 34.8 Å². The quantitative estimate of drug-likeness (QED) is 0.532. The lowest BCUT2D eigenvalue weighted by Crippen LogP contribution is -2.44. The van der Waals surface area contributed by atoms with Gasteiger partial charge in [0.15, 0.2) is 11.6 Å². The van der Waals surface area contributed by atoms with Crippen LogP contribution in [0.2, 0.25) is 0 Å². The predicted molar refractivity (Wildman–Crippen MR) is 141 cm³/mol. The van der Waals surface area contributed by atoms with E-state index in [0.29, 0.717) is 23.4 Å². The van der Waals surface area contributed by atoms with E-state index < -0.39 is 9.73 Å². The van der Waals surface area contributed by atoms with Crippen LogP contribution in [0.5, 0.6) is 0 Å². The van der Waals surface area contributed by atoms with Gasteiger partial charge in [0.05, 0.1) is 6.20 Å². The number of anilines is 5. The Hall–Kier alpha value is -3.75. The molecule has 0 saturated carbocycles. The summed E-state index contributed by atoms with van der Waals surface area (Å²) in [7, 11) is -0.199. The van der Waals surface area contributed by atoms with E-state index in [9.17, 15) is 9.47 Å². The fourth-order valence-electron chi connectivity index (χ4n) is 3.77. The molecule has 0 bridgehead atoms. The van der Waals surface area contributed by atoms with Crippen molar-refractivity contribution in [3.05, 3.63) is 53.7 Å². The zero-order chi connectivity index (χ0) is 25.0. The lowest BCUT2D eigenvalue weighted by atomic mass is 10.1. The Morgan fingerprint density at radius 2 is 1.86 bits per heavy atom. The van der Waals surface area contributed by atoms with Crippen molar-refractivity contribution in [1.29, 1.82) is 5.26 Å². The van der Waals surface area contributed by atoms with Crippen LogP contribution >= 0.6 is 0 Å². The third-order valence-electron chi connectivity index (χ3n) is 5.50. The summed E-state index contributed by atoms with van der Waals surface area (Å²) in [5.41, 5.74) is 3.53. The van der Waals surface area contributed by atoms with E-state index in [1.54, 1.807) is 30.7 Å². The molecule has 35 heavy (non-hydrogen) atoms. The highest BCUT2D eigenvalue weighted by Crippen LogP contribution is 2.27. The summed E-state index contributed by atoms with van der Waals surface area (Å²) in [4.78, 5) is 17.9. The summed E-state index contributed by atoms with van der Waals surface area (Å²) in [6.45, 7) is 6.22. The minimum Gasteiger partial charge on any atom is -0.369 e. The Morgan fingerprint density at radius 1 is 1.09 bits per heavy atom. The maximum absolute atomic E-state index is 12.0. The normalized spacial score (nSPS) is 14.3. The highest BCUT2D eigenvalue weighted by molar-refractivity contribution is 7.92. The molecular weight excluding hydrogens is 462 g/mol. The number of nitrogens with one attached hydrogen (secondary N) is 2. The van der Waals surface area contributed by atoms with E-state index in [1.807, 2.05) is 6.07 Å². The number of rotatable bonds is 6. The Kier molecular flexibility index (Phi) is 7.14. The average Bonchev–Trinajstić information content (AvgIpc) is 2.79. The molecule has 182 valence electrons. The number of piperazine rings is 1. The smallest absolute Gasteiger partial charge is 0.229 e. The first-order chi connectivity index (χ1) is 16.7. The van der Waals surface area contributed by atoms with Crippen LogP contribution in [0.15, 0.2) is 47.0 Å². The lowest BCUT2D eigenvalue weighted by molar-refractivity contribution is 0.312. The number of pyridine rings is 1. The van der Waals surface area contributed by atoms with Crippen LogP contribution in [0.1, 0.15) is 11.1 Å². The molecule has 1 aromatic carbocycles. The van der Waals surface area contributed by atoms with E-state index in [-0.39, 0.29) is 5.56 Å². The highest BCUT2D eigenvalue weighted by Gasteiger charge is 2.16. The van der Waals surface area contributed by atoms with Crippen molar-refractivity contribution >= 4 is 44.5 Å². The van der Waals surface area contributed by atoms with Gasteiger partial charge in [-0.2, -0.15) is 14.6 Å². The molecule has 1 aliphatic rings. The number of aryl methyl sites for hydroxylation is 1. The minimum absolute atomic E-state index is 0.274. The molecule has 10 nitrogen and oxygen atoms in total. The first-order valence-electron chi connectivity index (χ1n) is 11.2. The van der Waals surface area contributed by atoms with Crippen LogP contribution in [-0.4, -0.2) is 69.8 Å². The third-order valence-corrected chi connectivity index (χ3v) is 6.13. The summed E-state index contributed by atoms with van der Waals surface area (Å²) in [6, 6.07) is 13.4. The Bertz CT molecular complexity index is 1380. The number of likely N-dealkylation sites (N-methyl/N-ethyl adjacent to an activating group) is 1. The molecule has 0 spiro atoms. The number of benzene rings is 1. The molecule has 2 aromatic heterocycles. The zero-order valence-electron chi connectivity index (χ0n) is 20.3. The van der Waals surface area contributed by atoms with Gasteiger partial charge in [0.1, 0.15) is 17.5 Å². The summed E-state index contributed by atoms with van der Waals surface area (Å²) >= 11 is 0. The predicted octanol–water partition coefficient (Wildman–Crippen LogP) is 3.65. The van der Waals surface area contributed by atoms with E-state index in [1.165, 1.54) is 17.4 Å². The molecule has 0 atom stereocenters. The number of hydrogen-bond donors (Lipinski definition) is 2. The van der Waals surface area contributed by atoms with Gasteiger partial charge in [-0.15, -0.1) is 0 Å². The van der Waals surface area contributed by atoms with Gasteiger partial charge in [-0.05, 0) is 49.9 Å². The van der Waals surface area contributed by atoms with Crippen LogP contribution in [0.3, 0.4) is 0 Å². The topological polar surface area (TPSA) is 122 Å². The first-order valence-corrected chi connectivity index (χ1v) is 13.5. The molecule has 11 heteroatoms. The van der Waals surface area contributed by atoms with Crippen molar-refractivity contribution in [3.63, 3.8) is 0 Å². The second kappa shape index (κ2) is 10.2. The van der Waals surface area contributed by atoms with Crippen molar-refractivity contribution < 1.29 is 4.21 Å². The molecule has 1 fully saturated rings. The Labute approximate surface area is 206 Å². The molecule has 1 aliphatic heterocycles. The summed E-state index contributed by atoms with van der Waals surface area (Å²) in [5.74, 6) is 1.44. The fourth-order valence-corrected chi connectivity index (χ4v) is 4.33. The van der Waals surface area contributed by atoms with Crippen LogP contribution < -0.4 is 15.5 Å². The maximum Gasteiger partial charge on any atom is 0.229 e. The molecule has 2 N–H and O–H groups in total. The standard InChI is InChI=1S/C24H29N9OS/c1-17-14-19(8-9-20(17)33-12-10-32(2)11-13-33)27-24-26-16-18(15-25)23(30-24)29-21-6-5-7-22(28-21)31-35(3,4)34/h5-9,14,16H,10-13H2,1-4H3,(H2,26,27,28,29,30). The number of nitriles is 1. The summed E-state index contributed by atoms with van der Waals surface area (Å²) in [5, 5.41) is 15.8. The van der Waals surface area contributed by atoms with Gasteiger partial charge < -0.3 is 20.4 Å². The molecule has 4 rings (SSSR count). The Morgan fingerprint density at radius 3 is 2.54 bits per heavy atom. The van der Waals surface area contributed by atoms with Crippen molar-refractivity contribution in [2.45, 2.75) is 6.92 Å². The lowest BCUT2D eigenvalue weighted by Gasteiger charge is -2.35. The van der Waals surface area contributed by atoms with Gasteiger partial charge in [0.25, 0.3) is 0 Å². The molecule has 0 amide bonds. The van der Waals surface area contributed by atoms with Gasteiger partial charge in [-0.1, -0.05) is 6.07 Å². The van der Waals surface area contributed by atoms with Crippen molar-refractivity contribution in [2.24, 2.45) is 4.36 Å². The summed E-state index contributed by atoms with van der Waals surface area (Å²) < 4.78 is 16.1. The van der Waals surface area contributed by atoms with Crippen molar-refractivity contribution in [1.82, 2.24) is 19.9 Å². The summed E-state index contributed by atoms with van der Waals surface area (Å²) in [6.07, 6.45) is 4.55. The average molecular weight is 492 g/mol. The number of nitrogens with zero attached hydrogens (tertiary/aromatic N) is 7. The van der Waals surface area contributed by atoms with E-state index >= 15 is 0 Å². The van der Waals surface area contributed by atoms with Gasteiger partial charge in [-0.3, -0.25) is 0 Å². The fraction of sp³-hybridized carbons (Fsp3) is 0.333. The molecule has 1 saturated heterocycles. The first kappa shape index (κ1) is 24.4. The molecule has 0 aliphatic carbocycles. The second-order valence-corrected chi connectivity index (χ2v) is 11.3. The van der Waals surface area contributed by atoms with Crippen LogP contribution in [0.25, 0.3) is 0 Å². The van der Waals surface area contributed by atoms with Gasteiger partial charge in [0.2, 0.25) is 5.95 Å². The highest BCUT2D eigenvalue weighted by atomic mass is 32.2. The molecule has 3 heterocycles. The third kappa shape index (κ3) is 6.44. The van der Waals surface area contributed by atoms with Gasteiger partial charge in [0, 0.05) is 59.8 Å². The van der Waals surface area contributed by atoms with Crippen molar-refractivity contribution in [2.75, 3.05) is 61.3 Å². The van der Waals surface area contributed by atoms with E-state index in [2.05, 4.69) is 71.9 Å². The number of aromatic nitrogens is 3. The number of hydrogen-bond acceptors (Lipinski definition) is 10. The van der Waals surface area contributed by atoms with Crippen molar-refractivity contribution in [3.8, 4) is 6.07 Å². The zero-order valence-corrected chi connectivity index (χ0v) is 21.1. The van der Waals surface area contributed by atoms with Crippen LogP contribution in [-0.2, 0) is 9.73 Å². The minimum atomic E-state index is -2.35. The second-order valence-electron chi connectivity index (χ2n) is 8.76. The molecule has 0 radical (unpaired) electrons. The molecular formula is C24H29N9OS. The maximum atomic E-state index is 12.0. The Balaban J connectivity index is 1.54. The van der Waals surface area contributed by atoms with Gasteiger partial charge >= 0.3 is 0 Å². The molecule has 0 unspecified atom stereocenters. The van der Waals surface area contributed by atoms with E-state index in [0.717, 1.165) is 31.9 Å². The monoisotopic (exact) mass is 491 g/mol. The SMILES string of the molecule is Cc1cc(Nc2ncc(C#N)c(Nc3cccc(N=S(C)(C)=O)n3)n2)ccc1N1CCN(C)CC1. The molecule has 3 aromatic rings. The van der Waals surface area contributed by atoms with Gasteiger partial charge in [-0.25, -0.2) is 14.2 Å². The van der Waals surface area contributed by atoms with E-state index in [4.69, 9.17) is 0 Å². The largest absolute Gasteiger partial charge is 0.369 e.